The van der Waals surface area contributed by atoms with Gasteiger partial charge in [-0.3, -0.25) is 0 Å². The van der Waals surface area contributed by atoms with Gasteiger partial charge in [0.05, 0.1) is 32.6 Å². The third-order valence-corrected chi connectivity index (χ3v) is 7.25. The highest BCUT2D eigenvalue weighted by Crippen LogP contribution is 2.29. The van der Waals surface area contributed by atoms with Crippen molar-refractivity contribution in [1.29, 1.82) is 0 Å². The smallest absolute Gasteiger partial charge is 0.152 e. The molecule has 2 heterocycles. The van der Waals surface area contributed by atoms with Crippen molar-refractivity contribution in [3.8, 4) is 0 Å². The van der Waals surface area contributed by atoms with Crippen LogP contribution in [0.15, 0.2) is 47.4 Å². The van der Waals surface area contributed by atoms with Gasteiger partial charge >= 0.3 is 0 Å². The highest BCUT2D eigenvalue weighted by molar-refractivity contribution is 7.83. The molecular formula is C23H25Cl2N5O2S. The van der Waals surface area contributed by atoms with Gasteiger partial charge in [-0.15, -0.1) is 0 Å². The molecule has 0 radical (unpaired) electrons. The molecule has 4 rings (SSSR count). The summed E-state index contributed by atoms with van der Waals surface area (Å²) in [7, 11) is 0.330. The van der Waals surface area contributed by atoms with Crippen LogP contribution in [0.4, 0.5) is 5.82 Å². The molecule has 2 aromatic heterocycles. The van der Waals surface area contributed by atoms with Gasteiger partial charge in [0.1, 0.15) is 22.3 Å². The number of nitrogen functional groups attached to an aromatic ring is 1. The Labute approximate surface area is 204 Å². The van der Waals surface area contributed by atoms with Crippen LogP contribution < -0.4 is 10.5 Å². The number of anilines is 1. The Bertz CT molecular complexity index is 1310. The van der Waals surface area contributed by atoms with E-state index in [1.54, 1.807) is 25.3 Å². The molecule has 0 bridgehead atoms. The molecule has 0 aliphatic heterocycles. The molecule has 3 N–H and O–H groups in total. The third kappa shape index (κ3) is 5.31. The molecule has 33 heavy (non-hydrogen) atoms. The summed E-state index contributed by atoms with van der Waals surface area (Å²) in [5.74, 6) is 1.35. The first-order valence-electron chi connectivity index (χ1n) is 10.6. The molecule has 0 saturated heterocycles. The summed E-state index contributed by atoms with van der Waals surface area (Å²) in [6.45, 7) is 1.92. The number of imidazole rings is 1. The molecule has 1 unspecified atom stereocenters. The van der Waals surface area contributed by atoms with Crippen LogP contribution in [0.3, 0.4) is 0 Å². The average molecular weight is 506 g/mol. The van der Waals surface area contributed by atoms with Gasteiger partial charge in [0.15, 0.2) is 5.82 Å². The molecule has 10 heteroatoms. The Morgan fingerprint density at radius 2 is 1.94 bits per heavy atom. The van der Waals surface area contributed by atoms with Crippen molar-refractivity contribution in [3.63, 3.8) is 0 Å². The summed E-state index contributed by atoms with van der Waals surface area (Å²) in [6.07, 6.45) is 2.38. The topological polar surface area (TPSA) is 95.1 Å². The molecule has 0 saturated carbocycles. The Morgan fingerprint density at radius 3 is 2.73 bits per heavy atom. The minimum Gasteiger partial charge on any atom is -0.384 e. The summed E-state index contributed by atoms with van der Waals surface area (Å²) in [5.41, 5.74) is 8.80. The van der Waals surface area contributed by atoms with Gasteiger partial charge in [-0.25, -0.2) is 18.9 Å². The van der Waals surface area contributed by atoms with Crippen LogP contribution in [-0.2, 0) is 28.7 Å². The molecule has 1 atom stereocenters. The Balaban J connectivity index is 1.48. The quantitative estimate of drug-likeness (QED) is 0.303. The van der Waals surface area contributed by atoms with Crippen molar-refractivity contribution in [3.05, 3.63) is 58.3 Å². The van der Waals surface area contributed by atoms with E-state index >= 15 is 0 Å². The normalized spacial score (nSPS) is 12.6. The zero-order valence-corrected chi connectivity index (χ0v) is 20.5. The van der Waals surface area contributed by atoms with Crippen LogP contribution >= 0.6 is 23.2 Å². The standard InChI is InChI=1S/C23H25Cl2N5O2S/c1-32-13-10-20-29-21-22(16-6-2-3-7-19(16)28-23(21)26)30(20)12-5-4-11-27-33(31)15-8-9-17(24)18(25)14-15/h2-3,6-9,14,27H,4-5,10-13H2,1H3,(H2,26,28). The molecule has 0 spiro atoms. The fourth-order valence-corrected chi connectivity index (χ4v) is 5.04. The summed E-state index contributed by atoms with van der Waals surface area (Å²) in [4.78, 5) is 9.91. The van der Waals surface area contributed by atoms with Crippen molar-refractivity contribution in [2.75, 3.05) is 26.0 Å². The number of aryl methyl sites for hydroxylation is 1. The lowest BCUT2D eigenvalue weighted by atomic mass is 10.2. The number of hydrogen-bond donors (Lipinski definition) is 2. The van der Waals surface area contributed by atoms with Crippen LogP contribution in [0.1, 0.15) is 18.7 Å². The number of aromatic nitrogens is 3. The molecule has 2 aromatic carbocycles. The summed E-state index contributed by atoms with van der Waals surface area (Å²) in [6, 6.07) is 12.9. The van der Waals surface area contributed by atoms with E-state index in [2.05, 4.69) is 14.3 Å². The first-order chi connectivity index (χ1) is 16.0. The van der Waals surface area contributed by atoms with E-state index in [0.717, 1.165) is 47.1 Å². The average Bonchev–Trinajstić information content (AvgIpc) is 3.18. The van der Waals surface area contributed by atoms with Gasteiger partial charge in [-0.05, 0) is 37.1 Å². The zero-order chi connectivity index (χ0) is 23.4. The van der Waals surface area contributed by atoms with Crippen LogP contribution in [0.25, 0.3) is 21.9 Å². The van der Waals surface area contributed by atoms with E-state index in [1.807, 2.05) is 24.3 Å². The Hall–Kier alpha value is -2.23. The van der Waals surface area contributed by atoms with E-state index in [1.165, 1.54) is 0 Å². The van der Waals surface area contributed by atoms with Crippen molar-refractivity contribution in [1.82, 2.24) is 19.3 Å². The second kappa shape index (κ2) is 10.8. The van der Waals surface area contributed by atoms with Crippen molar-refractivity contribution < 1.29 is 8.95 Å². The van der Waals surface area contributed by atoms with E-state index in [4.69, 9.17) is 38.7 Å². The number of halogens is 2. The molecule has 0 aliphatic rings. The minimum atomic E-state index is -1.35. The van der Waals surface area contributed by atoms with E-state index in [0.29, 0.717) is 40.3 Å². The number of rotatable bonds is 10. The Morgan fingerprint density at radius 1 is 1.12 bits per heavy atom. The van der Waals surface area contributed by atoms with Gasteiger partial charge in [-0.2, -0.15) is 0 Å². The Kier molecular flexibility index (Phi) is 7.82. The monoisotopic (exact) mass is 505 g/mol. The lowest BCUT2D eigenvalue weighted by molar-refractivity contribution is 0.199. The fraction of sp³-hybridized carbons (Fsp3) is 0.304. The van der Waals surface area contributed by atoms with Crippen molar-refractivity contribution in [2.45, 2.75) is 30.7 Å². The number of fused-ring (bicyclic) bond motifs is 3. The maximum atomic E-state index is 12.5. The fourth-order valence-electron chi connectivity index (χ4n) is 3.77. The highest BCUT2D eigenvalue weighted by Gasteiger charge is 2.17. The van der Waals surface area contributed by atoms with Crippen LogP contribution in [-0.4, -0.2) is 39.0 Å². The number of benzene rings is 2. The van der Waals surface area contributed by atoms with E-state index in [9.17, 15) is 4.21 Å². The molecule has 4 aromatic rings. The minimum absolute atomic E-state index is 0.390. The lowest BCUT2D eigenvalue weighted by Gasteiger charge is -2.11. The predicted molar refractivity (Wildman–Crippen MR) is 135 cm³/mol. The second-order valence-corrected chi connectivity index (χ2v) is 9.69. The number of methoxy groups -OCH3 is 1. The number of nitrogens with one attached hydrogen (secondary N) is 1. The van der Waals surface area contributed by atoms with Gasteiger partial charge in [0.25, 0.3) is 0 Å². The predicted octanol–water partition coefficient (Wildman–Crippen LogP) is 4.76. The van der Waals surface area contributed by atoms with Gasteiger partial charge in [-0.1, -0.05) is 41.4 Å². The lowest BCUT2D eigenvalue weighted by Crippen LogP contribution is -2.19. The zero-order valence-electron chi connectivity index (χ0n) is 18.2. The van der Waals surface area contributed by atoms with Gasteiger partial charge in [0.2, 0.25) is 0 Å². The number of nitrogens with two attached hydrogens (primary N) is 1. The maximum Gasteiger partial charge on any atom is 0.152 e. The number of para-hydroxylation sites is 1. The maximum absolute atomic E-state index is 12.5. The summed E-state index contributed by atoms with van der Waals surface area (Å²) in [5, 5.41) is 1.86. The number of nitrogens with zero attached hydrogens (tertiary/aromatic N) is 3. The van der Waals surface area contributed by atoms with Gasteiger partial charge in [0, 0.05) is 32.0 Å². The number of ether oxygens (including phenoxy) is 1. The molecule has 0 fully saturated rings. The molecule has 0 aliphatic carbocycles. The summed E-state index contributed by atoms with van der Waals surface area (Å²) < 4.78 is 23.0. The van der Waals surface area contributed by atoms with Crippen LogP contribution in [0, 0.1) is 0 Å². The molecular weight excluding hydrogens is 481 g/mol. The van der Waals surface area contributed by atoms with Gasteiger partial charge < -0.3 is 15.0 Å². The first kappa shape index (κ1) is 23.9. The highest BCUT2D eigenvalue weighted by atomic mass is 35.5. The van der Waals surface area contributed by atoms with E-state index < -0.39 is 11.0 Å². The first-order valence-corrected chi connectivity index (χ1v) is 12.5. The largest absolute Gasteiger partial charge is 0.384 e. The van der Waals surface area contributed by atoms with Crippen molar-refractivity contribution >= 4 is 61.9 Å². The number of unbranched alkanes of at least 4 members (excludes halogenated alkanes) is 1. The van der Waals surface area contributed by atoms with E-state index in [-0.39, 0.29) is 0 Å². The molecule has 0 amide bonds. The second-order valence-electron chi connectivity index (χ2n) is 7.58. The molecule has 7 nitrogen and oxygen atoms in total. The number of hydrogen-bond acceptors (Lipinski definition) is 5. The van der Waals surface area contributed by atoms with Crippen LogP contribution in [0.5, 0.6) is 0 Å². The number of pyridine rings is 1. The molecule has 174 valence electrons. The SMILES string of the molecule is COCCc1nc2c(N)nc3ccccc3c2n1CCCCNS(=O)c1ccc(Cl)c(Cl)c1. The summed E-state index contributed by atoms with van der Waals surface area (Å²) >= 11 is 12.0. The van der Waals surface area contributed by atoms with Crippen LogP contribution in [0.2, 0.25) is 10.0 Å². The van der Waals surface area contributed by atoms with Crippen molar-refractivity contribution in [2.24, 2.45) is 0 Å². The third-order valence-electron chi connectivity index (χ3n) is 5.37.